The first-order valence-electron chi connectivity index (χ1n) is 5.18. The van der Waals surface area contributed by atoms with Gasteiger partial charge in [0, 0.05) is 12.1 Å². The van der Waals surface area contributed by atoms with E-state index in [0.29, 0.717) is 18.7 Å². The lowest BCUT2D eigenvalue weighted by Gasteiger charge is -2.29. The van der Waals surface area contributed by atoms with E-state index in [0.717, 1.165) is 5.56 Å². The Bertz CT molecular complexity index is 387. The van der Waals surface area contributed by atoms with E-state index in [2.05, 4.69) is 5.32 Å². The minimum Gasteiger partial charge on any atom is -0.366 e. The minimum absolute atomic E-state index is 0.0245. The van der Waals surface area contributed by atoms with Crippen LogP contribution < -0.4 is 16.8 Å². The van der Waals surface area contributed by atoms with E-state index in [-0.39, 0.29) is 12.3 Å². The van der Waals surface area contributed by atoms with Crippen LogP contribution in [0.4, 0.5) is 0 Å². The summed E-state index contributed by atoms with van der Waals surface area (Å²) in [5, 5.41) is 3.22. The molecule has 1 heterocycles. The Hall–Kier alpha value is -1.43. The number of rotatable bonds is 2. The van der Waals surface area contributed by atoms with Crippen LogP contribution in [0.15, 0.2) is 24.3 Å². The van der Waals surface area contributed by atoms with Gasteiger partial charge in [-0.05, 0) is 11.6 Å². The van der Waals surface area contributed by atoms with Gasteiger partial charge in [0.05, 0.1) is 12.6 Å². The smallest absolute Gasteiger partial charge is 0.249 e. The van der Waals surface area contributed by atoms with Gasteiger partial charge < -0.3 is 21.5 Å². The molecule has 1 aliphatic heterocycles. The Morgan fingerprint density at radius 1 is 1.44 bits per heavy atom. The van der Waals surface area contributed by atoms with Gasteiger partial charge in [-0.15, -0.1) is 0 Å². The van der Waals surface area contributed by atoms with Gasteiger partial charge in [0.2, 0.25) is 5.91 Å². The number of hydrogen-bond acceptors (Lipinski definition) is 4. The van der Waals surface area contributed by atoms with Gasteiger partial charge in [0.25, 0.3) is 0 Å². The summed E-state index contributed by atoms with van der Waals surface area (Å²) in [6, 6.07) is 7.23. The molecular weight excluding hydrogens is 206 g/mol. The summed E-state index contributed by atoms with van der Waals surface area (Å²) in [5.41, 5.74) is 12.3. The summed E-state index contributed by atoms with van der Waals surface area (Å²) in [6.45, 7) is 1.02. The van der Waals surface area contributed by atoms with Crippen molar-refractivity contribution >= 4 is 5.91 Å². The molecule has 0 radical (unpaired) electrons. The lowest BCUT2D eigenvalue weighted by atomic mass is 9.99. The van der Waals surface area contributed by atoms with Crippen LogP contribution in [-0.2, 0) is 4.74 Å². The quantitative estimate of drug-likeness (QED) is 0.641. The molecule has 0 bridgehead atoms. The van der Waals surface area contributed by atoms with Gasteiger partial charge in [0.1, 0.15) is 6.23 Å². The zero-order chi connectivity index (χ0) is 11.5. The predicted molar refractivity (Wildman–Crippen MR) is 59.6 cm³/mol. The van der Waals surface area contributed by atoms with Crippen LogP contribution in [0.3, 0.4) is 0 Å². The van der Waals surface area contributed by atoms with Crippen LogP contribution in [0.25, 0.3) is 0 Å². The van der Waals surface area contributed by atoms with Gasteiger partial charge >= 0.3 is 0 Å². The minimum atomic E-state index is -0.424. The summed E-state index contributed by atoms with van der Waals surface area (Å²) in [4.78, 5) is 11.3. The average molecular weight is 221 g/mol. The second-order valence-corrected chi connectivity index (χ2v) is 3.78. The maximum atomic E-state index is 11.3. The summed E-state index contributed by atoms with van der Waals surface area (Å²) < 4.78 is 5.34. The van der Waals surface area contributed by atoms with Gasteiger partial charge in [-0.1, -0.05) is 18.2 Å². The van der Waals surface area contributed by atoms with Crippen molar-refractivity contribution in [3.63, 3.8) is 0 Å². The Labute approximate surface area is 93.8 Å². The lowest BCUT2D eigenvalue weighted by Crippen LogP contribution is -2.46. The first kappa shape index (κ1) is 11.1. The van der Waals surface area contributed by atoms with Gasteiger partial charge in [-0.3, -0.25) is 4.79 Å². The largest absolute Gasteiger partial charge is 0.366 e. The van der Waals surface area contributed by atoms with E-state index in [9.17, 15) is 4.79 Å². The van der Waals surface area contributed by atoms with Crippen LogP contribution in [0, 0.1) is 0 Å². The molecule has 5 nitrogen and oxygen atoms in total. The molecule has 0 spiro atoms. The molecule has 5 heteroatoms. The number of primary amides is 1. The number of nitrogens with two attached hydrogens (primary N) is 2. The van der Waals surface area contributed by atoms with Gasteiger partial charge in [-0.2, -0.15) is 0 Å². The number of benzene rings is 1. The van der Waals surface area contributed by atoms with Crippen molar-refractivity contribution in [2.24, 2.45) is 11.5 Å². The molecule has 1 aromatic carbocycles. The first-order chi connectivity index (χ1) is 7.68. The second kappa shape index (κ2) is 4.61. The first-order valence-corrected chi connectivity index (χ1v) is 5.18. The fourth-order valence-electron chi connectivity index (χ4n) is 1.82. The summed E-state index contributed by atoms with van der Waals surface area (Å²) in [6.07, 6.45) is -0.281. The molecule has 16 heavy (non-hydrogen) atoms. The van der Waals surface area contributed by atoms with Crippen molar-refractivity contribution in [2.75, 3.05) is 13.2 Å². The molecule has 2 unspecified atom stereocenters. The summed E-state index contributed by atoms with van der Waals surface area (Å²) in [5.74, 6) is -0.424. The van der Waals surface area contributed by atoms with E-state index in [1.165, 1.54) is 0 Å². The van der Waals surface area contributed by atoms with Crippen LogP contribution in [-0.4, -0.2) is 25.3 Å². The van der Waals surface area contributed by atoms with Gasteiger partial charge in [-0.25, -0.2) is 0 Å². The van der Waals surface area contributed by atoms with Crippen molar-refractivity contribution in [1.82, 2.24) is 5.32 Å². The molecule has 1 saturated heterocycles. The second-order valence-electron chi connectivity index (χ2n) is 3.78. The molecule has 5 N–H and O–H groups in total. The molecular formula is C11H15N3O2. The highest BCUT2D eigenvalue weighted by Gasteiger charge is 2.22. The SMILES string of the molecule is NC(=O)c1ccccc1C1COC(N)CN1. The normalized spacial score (nSPS) is 25.3. The van der Waals surface area contributed by atoms with E-state index in [4.69, 9.17) is 16.2 Å². The lowest BCUT2D eigenvalue weighted by molar-refractivity contribution is 0.00763. The predicted octanol–water partition coefficient (Wildman–Crippen LogP) is -0.269. The Balaban J connectivity index is 2.23. The molecule has 1 amide bonds. The third-order valence-electron chi connectivity index (χ3n) is 2.64. The Morgan fingerprint density at radius 2 is 2.19 bits per heavy atom. The zero-order valence-corrected chi connectivity index (χ0v) is 8.85. The Kier molecular flexibility index (Phi) is 3.19. The fourth-order valence-corrected chi connectivity index (χ4v) is 1.82. The van der Waals surface area contributed by atoms with E-state index < -0.39 is 5.91 Å². The number of morpholine rings is 1. The van der Waals surface area contributed by atoms with Crippen molar-refractivity contribution in [2.45, 2.75) is 12.3 Å². The topological polar surface area (TPSA) is 90.4 Å². The third-order valence-corrected chi connectivity index (χ3v) is 2.64. The maximum Gasteiger partial charge on any atom is 0.249 e. The molecule has 1 fully saturated rings. The van der Waals surface area contributed by atoms with Crippen LogP contribution >= 0.6 is 0 Å². The number of hydrogen-bond donors (Lipinski definition) is 3. The molecule has 2 rings (SSSR count). The van der Waals surface area contributed by atoms with E-state index >= 15 is 0 Å². The summed E-state index contributed by atoms with van der Waals surface area (Å²) >= 11 is 0. The highest BCUT2D eigenvalue weighted by Crippen LogP contribution is 2.20. The van der Waals surface area contributed by atoms with Crippen molar-refractivity contribution < 1.29 is 9.53 Å². The maximum absolute atomic E-state index is 11.3. The van der Waals surface area contributed by atoms with Gasteiger partial charge in [0.15, 0.2) is 0 Å². The van der Waals surface area contributed by atoms with Crippen LogP contribution in [0.2, 0.25) is 0 Å². The number of carbonyl (C=O) groups excluding carboxylic acids is 1. The van der Waals surface area contributed by atoms with Crippen LogP contribution in [0.1, 0.15) is 22.0 Å². The standard InChI is InChI=1S/C11H15N3O2/c12-10-5-14-9(6-16-10)7-3-1-2-4-8(7)11(13)15/h1-4,9-10,14H,5-6,12H2,(H2,13,15). The molecule has 0 aliphatic carbocycles. The molecule has 0 aromatic heterocycles. The van der Waals surface area contributed by atoms with Crippen LogP contribution in [0.5, 0.6) is 0 Å². The number of amides is 1. The van der Waals surface area contributed by atoms with E-state index in [1.54, 1.807) is 12.1 Å². The van der Waals surface area contributed by atoms with Crippen molar-refractivity contribution in [1.29, 1.82) is 0 Å². The monoisotopic (exact) mass is 221 g/mol. The highest BCUT2D eigenvalue weighted by atomic mass is 16.5. The third kappa shape index (κ3) is 2.21. The number of ether oxygens (including phenoxy) is 1. The molecule has 1 aromatic rings. The highest BCUT2D eigenvalue weighted by molar-refractivity contribution is 5.94. The molecule has 2 atom stereocenters. The number of nitrogens with one attached hydrogen (secondary N) is 1. The average Bonchev–Trinajstić information content (AvgIpc) is 2.30. The number of carbonyl (C=O) groups is 1. The molecule has 1 aliphatic rings. The van der Waals surface area contributed by atoms with E-state index in [1.807, 2.05) is 12.1 Å². The molecule has 86 valence electrons. The summed E-state index contributed by atoms with van der Waals surface area (Å²) in [7, 11) is 0. The Morgan fingerprint density at radius 3 is 2.81 bits per heavy atom. The van der Waals surface area contributed by atoms with Crippen molar-refractivity contribution in [3.05, 3.63) is 35.4 Å². The zero-order valence-electron chi connectivity index (χ0n) is 8.85. The fraction of sp³-hybridized carbons (Fsp3) is 0.364. The molecule has 0 saturated carbocycles. The van der Waals surface area contributed by atoms with Crippen molar-refractivity contribution in [3.8, 4) is 0 Å².